The van der Waals surface area contributed by atoms with Crippen LogP contribution in [0.4, 0.5) is 0 Å². The first-order valence-electron chi connectivity index (χ1n) is 7.39. The lowest BCUT2D eigenvalue weighted by atomic mass is 10.1. The van der Waals surface area contributed by atoms with Crippen molar-refractivity contribution in [1.82, 2.24) is 14.6 Å². The van der Waals surface area contributed by atoms with Crippen LogP contribution in [0.25, 0.3) is 5.65 Å². The summed E-state index contributed by atoms with van der Waals surface area (Å²) in [6.45, 7) is 0. The zero-order valence-corrected chi connectivity index (χ0v) is 13.4. The van der Waals surface area contributed by atoms with Crippen molar-refractivity contribution in [2.24, 2.45) is 16.7 Å². The Hall–Kier alpha value is -3.95. The van der Waals surface area contributed by atoms with Crippen molar-refractivity contribution < 1.29 is 19.4 Å². The molecule has 10 nitrogen and oxygen atoms in total. The maximum atomic E-state index is 12.3. The highest BCUT2D eigenvalue weighted by molar-refractivity contribution is 5.98. The molecular weight excluding hydrogens is 340 g/mol. The SMILES string of the molecule is NN=C(N)c1ccc(C(=O)Oc2ccc(CC(=O)O)n3ncnc23)cc1. The van der Waals surface area contributed by atoms with Crippen LogP contribution in [0.15, 0.2) is 47.8 Å². The summed E-state index contributed by atoms with van der Waals surface area (Å²) in [6.07, 6.45) is 1.02. The second kappa shape index (κ2) is 6.89. The molecule has 1 aromatic carbocycles. The van der Waals surface area contributed by atoms with Gasteiger partial charge in [0.05, 0.1) is 17.7 Å². The number of carboxylic acid groups (broad SMARTS) is 1. The molecule has 2 aromatic heterocycles. The van der Waals surface area contributed by atoms with E-state index in [4.69, 9.17) is 21.4 Å². The first-order chi connectivity index (χ1) is 12.5. The maximum absolute atomic E-state index is 12.3. The zero-order valence-electron chi connectivity index (χ0n) is 13.4. The fourth-order valence-electron chi connectivity index (χ4n) is 2.32. The number of hydrogen-bond donors (Lipinski definition) is 3. The van der Waals surface area contributed by atoms with Gasteiger partial charge in [-0.05, 0) is 24.3 Å². The lowest BCUT2D eigenvalue weighted by Gasteiger charge is -2.08. The Morgan fingerprint density at radius 3 is 2.50 bits per heavy atom. The lowest BCUT2D eigenvalue weighted by Crippen LogP contribution is -2.16. The average molecular weight is 354 g/mol. The number of nitrogens with zero attached hydrogens (tertiary/aromatic N) is 4. The predicted octanol–water partition coefficient (Wildman–Crippen LogP) is 0.155. The molecule has 0 atom stereocenters. The van der Waals surface area contributed by atoms with Gasteiger partial charge in [-0.25, -0.2) is 14.3 Å². The fourth-order valence-corrected chi connectivity index (χ4v) is 2.32. The molecule has 5 N–H and O–H groups in total. The van der Waals surface area contributed by atoms with Gasteiger partial charge in [0.15, 0.2) is 11.4 Å². The van der Waals surface area contributed by atoms with Crippen LogP contribution in [0, 0.1) is 0 Å². The molecular formula is C16H14N6O4. The number of fused-ring (bicyclic) bond motifs is 1. The number of pyridine rings is 1. The molecule has 0 fully saturated rings. The molecule has 0 saturated heterocycles. The Morgan fingerprint density at radius 1 is 1.15 bits per heavy atom. The van der Waals surface area contributed by atoms with Crippen LogP contribution in [0.5, 0.6) is 5.75 Å². The van der Waals surface area contributed by atoms with Gasteiger partial charge in [0.1, 0.15) is 12.2 Å². The third kappa shape index (κ3) is 3.29. The second-order valence-corrected chi connectivity index (χ2v) is 5.24. The van der Waals surface area contributed by atoms with E-state index < -0.39 is 11.9 Å². The maximum Gasteiger partial charge on any atom is 0.343 e. The molecule has 0 unspecified atom stereocenters. The Morgan fingerprint density at radius 2 is 1.85 bits per heavy atom. The van der Waals surface area contributed by atoms with E-state index >= 15 is 0 Å². The fraction of sp³-hybridized carbons (Fsp3) is 0.0625. The summed E-state index contributed by atoms with van der Waals surface area (Å²) in [7, 11) is 0. The number of hydrazone groups is 1. The van der Waals surface area contributed by atoms with Crippen LogP contribution >= 0.6 is 0 Å². The number of nitrogens with two attached hydrogens (primary N) is 2. The number of rotatable bonds is 5. The minimum Gasteiger partial charge on any atom is -0.481 e. The number of aliphatic carboxylic acids is 1. The molecule has 0 aliphatic heterocycles. The Labute approximate surface area is 146 Å². The summed E-state index contributed by atoms with van der Waals surface area (Å²) in [5.74, 6) is 3.79. The molecule has 0 amide bonds. The van der Waals surface area contributed by atoms with Gasteiger partial charge in [-0.1, -0.05) is 12.1 Å². The molecule has 3 rings (SSSR count). The number of aromatic nitrogens is 3. The van der Waals surface area contributed by atoms with Crippen molar-refractivity contribution in [2.45, 2.75) is 6.42 Å². The normalized spacial score (nSPS) is 11.5. The van der Waals surface area contributed by atoms with E-state index in [2.05, 4.69) is 15.2 Å². The van der Waals surface area contributed by atoms with Gasteiger partial charge in [-0.3, -0.25) is 4.79 Å². The number of carboxylic acids is 1. The first-order valence-corrected chi connectivity index (χ1v) is 7.39. The Balaban J connectivity index is 1.86. The monoisotopic (exact) mass is 354 g/mol. The number of amidine groups is 1. The van der Waals surface area contributed by atoms with Gasteiger partial charge in [0, 0.05) is 5.56 Å². The second-order valence-electron chi connectivity index (χ2n) is 5.24. The molecule has 2 heterocycles. The van der Waals surface area contributed by atoms with Crippen LogP contribution in [0.2, 0.25) is 0 Å². The molecule has 0 radical (unpaired) electrons. The summed E-state index contributed by atoms with van der Waals surface area (Å²) >= 11 is 0. The third-order valence-electron chi connectivity index (χ3n) is 3.56. The van der Waals surface area contributed by atoms with Crippen LogP contribution in [0.1, 0.15) is 21.6 Å². The van der Waals surface area contributed by atoms with Gasteiger partial charge in [-0.2, -0.15) is 10.2 Å². The number of esters is 1. The number of hydrogen-bond acceptors (Lipinski definition) is 7. The third-order valence-corrected chi connectivity index (χ3v) is 3.56. The van der Waals surface area contributed by atoms with E-state index in [1.807, 2.05) is 0 Å². The highest BCUT2D eigenvalue weighted by Gasteiger charge is 2.16. The van der Waals surface area contributed by atoms with E-state index in [1.165, 1.54) is 35.1 Å². The Bertz CT molecular complexity index is 1010. The van der Waals surface area contributed by atoms with E-state index in [0.717, 1.165) is 0 Å². The standard InChI is InChI=1S/C16H14N6O4/c17-14(21-18)9-1-3-10(4-2-9)16(25)26-12-6-5-11(7-13(23)24)22-15(12)19-8-20-22/h1-6,8H,7,18H2,(H2,17,21)(H,23,24). The zero-order chi connectivity index (χ0) is 18.7. The minimum atomic E-state index is -1.01. The van der Waals surface area contributed by atoms with Crippen LogP contribution in [-0.2, 0) is 11.2 Å². The smallest absolute Gasteiger partial charge is 0.343 e. The number of benzene rings is 1. The topological polar surface area (TPSA) is 158 Å². The molecule has 0 aliphatic carbocycles. The summed E-state index contributed by atoms with van der Waals surface area (Å²) in [4.78, 5) is 27.3. The van der Waals surface area contributed by atoms with E-state index in [-0.39, 0.29) is 29.2 Å². The summed E-state index contributed by atoms with van der Waals surface area (Å²) in [6, 6.07) is 9.22. The molecule has 0 spiro atoms. The molecule has 26 heavy (non-hydrogen) atoms. The quantitative estimate of drug-likeness (QED) is 0.192. The van der Waals surface area contributed by atoms with E-state index in [9.17, 15) is 9.59 Å². The van der Waals surface area contributed by atoms with Crippen molar-refractivity contribution >= 4 is 23.4 Å². The van der Waals surface area contributed by atoms with Crippen molar-refractivity contribution in [1.29, 1.82) is 0 Å². The van der Waals surface area contributed by atoms with Crippen molar-refractivity contribution in [2.75, 3.05) is 0 Å². The molecule has 10 heteroatoms. The molecule has 3 aromatic rings. The van der Waals surface area contributed by atoms with Crippen LogP contribution < -0.4 is 16.3 Å². The van der Waals surface area contributed by atoms with Crippen molar-refractivity contribution in [3.05, 3.63) is 59.5 Å². The number of carbonyl (C=O) groups excluding carboxylic acids is 1. The van der Waals surface area contributed by atoms with Crippen LogP contribution in [0.3, 0.4) is 0 Å². The van der Waals surface area contributed by atoms with Gasteiger partial charge in [-0.15, -0.1) is 0 Å². The first kappa shape index (κ1) is 16.9. The summed E-state index contributed by atoms with van der Waals surface area (Å²) < 4.78 is 6.68. The Kier molecular flexibility index (Phi) is 4.48. The molecule has 0 saturated carbocycles. The number of carbonyl (C=O) groups is 2. The van der Waals surface area contributed by atoms with Crippen molar-refractivity contribution in [3.8, 4) is 5.75 Å². The minimum absolute atomic E-state index is 0.143. The highest BCUT2D eigenvalue weighted by Crippen LogP contribution is 2.21. The summed E-state index contributed by atoms with van der Waals surface area (Å²) in [5, 5.41) is 16.3. The largest absolute Gasteiger partial charge is 0.481 e. The van der Waals surface area contributed by atoms with Gasteiger partial charge in [0.25, 0.3) is 0 Å². The van der Waals surface area contributed by atoms with Gasteiger partial charge in [0.2, 0.25) is 0 Å². The molecule has 0 aliphatic rings. The highest BCUT2D eigenvalue weighted by atomic mass is 16.5. The van der Waals surface area contributed by atoms with Gasteiger partial charge < -0.3 is 21.4 Å². The van der Waals surface area contributed by atoms with E-state index in [1.54, 1.807) is 12.1 Å². The van der Waals surface area contributed by atoms with Crippen LogP contribution in [-0.4, -0.2) is 37.5 Å². The lowest BCUT2D eigenvalue weighted by molar-refractivity contribution is -0.136. The van der Waals surface area contributed by atoms with E-state index in [0.29, 0.717) is 11.3 Å². The molecule has 0 bridgehead atoms. The van der Waals surface area contributed by atoms with Crippen molar-refractivity contribution in [3.63, 3.8) is 0 Å². The molecule has 132 valence electrons. The summed E-state index contributed by atoms with van der Waals surface area (Å²) in [5.41, 5.74) is 7.10. The van der Waals surface area contributed by atoms with Gasteiger partial charge >= 0.3 is 11.9 Å². The number of ether oxygens (including phenoxy) is 1. The average Bonchev–Trinajstić information content (AvgIpc) is 3.13. The predicted molar refractivity (Wildman–Crippen MR) is 90.6 cm³/mol.